The monoisotopic (exact) mass is 341 g/mol. The van der Waals surface area contributed by atoms with Gasteiger partial charge in [0.05, 0.1) is 16.7 Å². The molecule has 0 saturated heterocycles. The predicted octanol–water partition coefficient (Wildman–Crippen LogP) is 2.85. The summed E-state index contributed by atoms with van der Waals surface area (Å²) in [5, 5.41) is 9.58. The molecule has 3 aromatic rings. The van der Waals surface area contributed by atoms with Gasteiger partial charge in [0.2, 0.25) is 0 Å². The summed E-state index contributed by atoms with van der Waals surface area (Å²) in [6.07, 6.45) is 2.52. The van der Waals surface area contributed by atoms with Crippen LogP contribution in [0.3, 0.4) is 0 Å². The maximum absolute atomic E-state index is 12.9. The van der Waals surface area contributed by atoms with Crippen LogP contribution >= 0.6 is 11.6 Å². The Morgan fingerprint density at radius 1 is 1.12 bits per heavy atom. The van der Waals surface area contributed by atoms with Crippen molar-refractivity contribution < 1.29 is 10.0 Å². The number of aromatic nitrogens is 2. The molecule has 120 valence electrons. The van der Waals surface area contributed by atoms with E-state index in [1.54, 1.807) is 24.3 Å². The van der Waals surface area contributed by atoms with Gasteiger partial charge in [-0.25, -0.2) is 19.6 Å². The summed E-state index contributed by atoms with van der Waals surface area (Å²) in [5.41, 5.74) is 4.43. The van der Waals surface area contributed by atoms with Crippen molar-refractivity contribution >= 4 is 34.4 Å². The lowest BCUT2D eigenvalue weighted by atomic mass is 10.1. The van der Waals surface area contributed by atoms with Crippen LogP contribution < -0.4 is 11.2 Å². The Labute approximate surface area is 141 Å². The molecule has 0 fully saturated rings. The number of benzene rings is 2. The quantitative estimate of drug-likeness (QED) is 0.528. The van der Waals surface area contributed by atoms with Gasteiger partial charge in [-0.3, -0.25) is 9.77 Å². The van der Waals surface area contributed by atoms with E-state index in [1.165, 1.54) is 10.0 Å². The van der Waals surface area contributed by atoms with Crippen molar-refractivity contribution in [3.8, 4) is 0 Å². The first-order valence-electron chi connectivity index (χ1n) is 7.28. The maximum atomic E-state index is 12.9. The third-order valence-corrected chi connectivity index (χ3v) is 4.53. The minimum atomic E-state index is -0.903. The number of rotatable bonds is 1. The number of para-hydroxylation sites is 2. The van der Waals surface area contributed by atoms with Gasteiger partial charge in [0, 0.05) is 10.6 Å². The number of imidazole rings is 1. The van der Waals surface area contributed by atoms with Gasteiger partial charge in [0.1, 0.15) is 0 Å². The van der Waals surface area contributed by atoms with Crippen molar-refractivity contribution in [1.82, 2.24) is 14.6 Å². The number of amides is 1. The summed E-state index contributed by atoms with van der Waals surface area (Å²) < 4.78 is 2.37. The number of nitrogens with one attached hydrogen (secondary N) is 1. The van der Waals surface area contributed by atoms with Crippen LogP contribution in [0.15, 0.2) is 53.3 Å². The van der Waals surface area contributed by atoms with Gasteiger partial charge in [-0.2, -0.15) is 0 Å². The Morgan fingerprint density at radius 2 is 1.88 bits per heavy atom. The Morgan fingerprint density at radius 3 is 2.62 bits per heavy atom. The van der Waals surface area contributed by atoms with Crippen LogP contribution in [0.2, 0.25) is 5.02 Å². The first kappa shape index (κ1) is 14.7. The van der Waals surface area contributed by atoms with Gasteiger partial charge in [0.25, 0.3) is 0 Å². The molecule has 1 aliphatic rings. The average Bonchev–Trinajstić information content (AvgIpc) is 3.13. The van der Waals surface area contributed by atoms with Gasteiger partial charge in [-0.1, -0.05) is 41.9 Å². The zero-order valence-electron chi connectivity index (χ0n) is 12.4. The lowest BCUT2D eigenvalue weighted by Gasteiger charge is -2.08. The zero-order chi connectivity index (χ0) is 16.8. The minimum Gasteiger partial charge on any atom is -0.287 e. The minimum absolute atomic E-state index is 0.408. The van der Waals surface area contributed by atoms with Crippen LogP contribution in [0.1, 0.15) is 11.1 Å². The van der Waals surface area contributed by atoms with E-state index >= 15 is 0 Å². The number of hydrogen-bond acceptors (Lipinski definition) is 3. The van der Waals surface area contributed by atoms with Gasteiger partial charge in [-0.05, 0) is 30.2 Å². The molecular weight excluding hydrogens is 330 g/mol. The molecular formula is C17H12ClN3O3. The van der Waals surface area contributed by atoms with Crippen LogP contribution in [-0.4, -0.2) is 20.4 Å². The molecule has 4 rings (SSSR count). The maximum Gasteiger partial charge on any atom is 0.354 e. The van der Waals surface area contributed by atoms with E-state index in [4.69, 9.17) is 16.8 Å². The van der Waals surface area contributed by atoms with Crippen molar-refractivity contribution in [3.05, 3.63) is 75.2 Å². The van der Waals surface area contributed by atoms with Crippen LogP contribution in [0, 0.1) is 0 Å². The number of nitrogens with zero attached hydrogens (tertiary/aromatic N) is 2. The lowest BCUT2D eigenvalue weighted by Crippen LogP contribution is -2.35. The molecule has 7 heteroatoms. The highest BCUT2D eigenvalue weighted by atomic mass is 35.5. The van der Waals surface area contributed by atoms with Gasteiger partial charge in [0.15, 0.2) is 0 Å². The first-order chi connectivity index (χ1) is 11.6. The molecule has 1 amide bonds. The second-order valence-corrected chi connectivity index (χ2v) is 5.83. The third-order valence-electron chi connectivity index (χ3n) is 4.18. The molecule has 1 aliphatic carbocycles. The average molecular weight is 342 g/mol. The molecule has 0 atom stereocenters. The highest BCUT2D eigenvalue weighted by Gasteiger charge is 2.24. The summed E-state index contributed by atoms with van der Waals surface area (Å²) in [6, 6.07) is 11.5. The summed E-state index contributed by atoms with van der Waals surface area (Å²) in [7, 11) is 0. The first-order valence-corrected chi connectivity index (χ1v) is 7.66. The van der Waals surface area contributed by atoms with E-state index in [0.29, 0.717) is 28.2 Å². The van der Waals surface area contributed by atoms with E-state index in [0.717, 1.165) is 15.7 Å². The zero-order valence-corrected chi connectivity index (χ0v) is 13.1. The fraction of sp³-hybridized carbons (Fsp3) is 0.0588. The molecule has 24 heavy (non-hydrogen) atoms. The normalized spacial score (nSPS) is 13.0. The SMILES string of the molecule is O=C(NO)n1c(=O)n(C2=CCc3c(Cl)cccc32)c2ccccc21. The number of halogens is 1. The molecule has 0 bridgehead atoms. The van der Waals surface area contributed by atoms with Crippen LogP contribution in [0.4, 0.5) is 4.79 Å². The van der Waals surface area contributed by atoms with Crippen molar-refractivity contribution in [3.63, 3.8) is 0 Å². The number of hydroxylamine groups is 1. The smallest absolute Gasteiger partial charge is 0.287 e. The summed E-state index contributed by atoms with van der Waals surface area (Å²) in [5.74, 6) is 0. The van der Waals surface area contributed by atoms with E-state index in [1.807, 2.05) is 24.3 Å². The molecule has 1 heterocycles. The highest BCUT2D eigenvalue weighted by molar-refractivity contribution is 6.31. The van der Waals surface area contributed by atoms with Crippen LogP contribution in [0.5, 0.6) is 0 Å². The molecule has 1 aromatic heterocycles. The van der Waals surface area contributed by atoms with Gasteiger partial charge >= 0.3 is 11.7 Å². The van der Waals surface area contributed by atoms with Crippen LogP contribution in [0.25, 0.3) is 16.7 Å². The molecule has 0 saturated carbocycles. The third kappa shape index (κ3) is 1.94. The Hall–Kier alpha value is -2.83. The van der Waals surface area contributed by atoms with Crippen LogP contribution in [-0.2, 0) is 6.42 Å². The van der Waals surface area contributed by atoms with E-state index in [-0.39, 0.29) is 0 Å². The second kappa shape index (κ2) is 5.36. The summed E-state index contributed by atoms with van der Waals surface area (Å²) >= 11 is 6.24. The van der Waals surface area contributed by atoms with Gasteiger partial charge in [-0.15, -0.1) is 0 Å². The molecule has 2 aromatic carbocycles. The molecule has 0 radical (unpaired) electrons. The van der Waals surface area contributed by atoms with Crippen molar-refractivity contribution in [2.24, 2.45) is 0 Å². The number of carbonyl (C=O) groups excluding carboxylic acids is 1. The number of allylic oxidation sites excluding steroid dienone is 1. The fourth-order valence-electron chi connectivity index (χ4n) is 3.15. The van der Waals surface area contributed by atoms with E-state index in [9.17, 15) is 9.59 Å². The molecule has 0 spiro atoms. The summed E-state index contributed by atoms with van der Waals surface area (Å²) in [6.45, 7) is 0. The Balaban J connectivity index is 2.04. The largest absolute Gasteiger partial charge is 0.354 e. The number of carbonyl (C=O) groups is 1. The topological polar surface area (TPSA) is 76.3 Å². The molecule has 0 unspecified atom stereocenters. The fourth-order valence-corrected chi connectivity index (χ4v) is 3.41. The van der Waals surface area contributed by atoms with Crippen molar-refractivity contribution in [2.45, 2.75) is 6.42 Å². The van der Waals surface area contributed by atoms with E-state index in [2.05, 4.69) is 0 Å². The standard InChI is InChI=1S/C17H12ClN3O3/c18-12-5-3-4-11-10(12)8-9-13(11)20-14-6-1-2-7-15(14)21(17(20)23)16(22)19-24/h1-7,9,24H,8H2,(H,19,22). The Bertz CT molecular complexity index is 1080. The number of fused-ring (bicyclic) bond motifs is 2. The predicted molar refractivity (Wildman–Crippen MR) is 90.4 cm³/mol. The highest BCUT2D eigenvalue weighted by Crippen LogP contribution is 2.34. The number of hydrogen-bond donors (Lipinski definition) is 2. The summed E-state index contributed by atoms with van der Waals surface area (Å²) in [4.78, 5) is 24.8. The molecule has 0 aliphatic heterocycles. The second-order valence-electron chi connectivity index (χ2n) is 5.42. The molecule has 2 N–H and O–H groups in total. The van der Waals surface area contributed by atoms with E-state index < -0.39 is 11.7 Å². The lowest BCUT2D eigenvalue weighted by molar-refractivity contribution is 0.163. The molecule has 6 nitrogen and oxygen atoms in total. The van der Waals surface area contributed by atoms with Crippen molar-refractivity contribution in [1.29, 1.82) is 0 Å². The Kier molecular flexibility index (Phi) is 3.30. The van der Waals surface area contributed by atoms with Crippen molar-refractivity contribution in [2.75, 3.05) is 0 Å². The van der Waals surface area contributed by atoms with Gasteiger partial charge < -0.3 is 0 Å².